The van der Waals surface area contributed by atoms with E-state index in [1.54, 1.807) is 17.2 Å². The van der Waals surface area contributed by atoms with Crippen LogP contribution in [0.1, 0.15) is 6.92 Å². The molecule has 2 amide bonds. The van der Waals surface area contributed by atoms with Gasteiger partial charge in [-0.25, -0.2) is 4.79 Å². The summed E-state index contributed by atoms with van der Waals surface area (Å²) in [6.07, 6.45) is 3.49. The highest BCUT2D eigenvalue weighted by Crippen LogP contribution is 2.01. The highest BCUT2D eigenvalue weighted by atomic mass is 16.2. The molecule has 10 heavy (non-hydrogen) atoms. The molecule has 3 heteroatoms. The van der Waals surface area contributed by atoms with Gasteiger partial charge in [0.2, 0.25) is 0 Å². The first-order chi connectivity index (χ1) is 4.74. The third-order valence-electron chi connectivity index (χ3n) is 1.32. The number of nitrogens with one attached hydrogen (secondary N) is 1. The largest absolute Gasteiger partial charge is 0.325 e. The second-order valence-electron chi connectivity index (χ2n) is 2.06. The van der Waals surface area contributed by atoms with Crippen molar-refractivity contribution < 1.29 is 4.79 Å². The highest BCUT2D eigenvalue weighted by molar-refractivity contribution is 5.79. The molecule has 1 N–H and O–H groups in total. The second kappa shape index (κ2) is 2.56. The summed E-state index contributed by atoms with van der Waals surface area (Å²) in [7, 11) is 0. The van der Waals surface area contributed by atoms with Crippen molar-refractivity contribution in [2.24, 2.45) is 0 Å². The number of hydrogen-bond donors (Lipinski definition) is 1. The number of amides is 2. The van der Waals surface area contributed by atoms with Gasteiger partial charge in [0.25, 0.3) is 0 Å². The minimum Gasteiger partial charge on any atom is -0.308 e. The van der Waals surface area contributed by atoms with E-state index in [1.807, 2.05) is 6.92 Å². The highest BCUT2D eigenvalue weighted by Gasteiger charge is 2.11. The Balaban J connectivity index is 2.71. The summed E-state index contributed by atoms with van der Waals surface area (Å²) in [5.41, 5.74) is 0.648. The molecule has 0 atom stereocenters. The van der Waals surface area contributed by atoms with E-state index < -0.39 is 0 Å². The number of urea groups is 1. The van der Waals surface area contributed by atoms with Gasteiger partial charge in [0.1, 0.15) is 0 Å². The standard InChI is InChI=1S/C7H10N2O/c1-3-9-5-4-6(2)8-7(9)10/h4-5H,2-3H2,1H3,(H,8,10). The molecule has 0 aliphatic carbocycles. The van der Waals surface area contributed by atoms with Crippen LogP contribution in [-0.2, 0) is 0 Å². The van der Waals surface area contributed by atoms with Crippen LogP contribution in [0.2, 0.25) is 0 Å². The fourth-order valence-corrected chi connectivity index (χ4v) is 0.747. The summed E-state index contributed by atoms with van der Waals surface area (Å²) < 4.78 is 0. The first kappa shape index (κ1) is 6.86. The first-order valence-electron chi connectivity index (χ1n) is 3.18. The van der Waals surface area contributed by atoms with Crippen molar-refractivity contribution >= 4 is 6.03 Å². The molecule has 0 unspecified atom stereocenters. The number of hydrogen-bond acceptors (Lipinski definition) is 1. The van der Waals surface area contributed by atoms with E-state index in [2.05, 4.69) is 11.9 Å². The van der Waals surface area contributed by atoms with Crippen LogP contribution in [0.15, 0.2) is 24.6 Å². The summed E-state index contributed by atoms with van der Waals surface area (Å²) in [5.74, 6) is 0. The van der Waals surface area contributed by atoms with Gasteiger partial charge in [-0.1, -0.05) is 6.58 Å². The van der Waals surface area contributed by atoms with Gasteiger partial charge in [-0.05, 0) is 13.0 Å². The molecule has 1 rings (SSSR count). The molecular weight excluding hydrogens is 128 g/mol. The van der Waals surface area contributed by atoms with Crippen LogP contribution in [0.5, 0.6) is 0 Å². The lowest BCUT2D eigenvalue weighted by Gasteiger charge is -2.21. The Morgan fingerprint density at radius 2 is 2.50 bits per heavy atom. The Hall–Kier alpha value is -1.25. The Labute approximate surface area is 60.0 Å². The predicted octanol–water partition coefficient (Wildman–Crippen LogP) is 1.06. The Kier molecular flexibility index (Phi) is 1.76. The average molecular weight is 138 g/mol. The zero-order chi connectivity index (χ0) is 7.56. The Morgan fingerprint density at radius 3 is 3.00 bits per heavy atom. The molecule has 0 aromatic carbocycles. The molecule has 1 heterocycles. The Bertz CT molecular complexity index is 196. The molecule has 0 bridgehead atoms. The second-order valence-corrected chi connectivity index (χ2v) is 2.06. The summed E-state index contributed by atoms with van der Waals surface area (Å²) in [4.78, 5) is 12.5. The number of nitrogens with zero attached hydrogens (tertiary/aromatic N) is 1. The summed E-state index contributed by atoms with van der Waals surface area (Å²) >= 11 is 0. The molecule has 0 saturated carbocycles. The topological polar surface area (TPSA) is 32.3 Å². The molecule has 0 fully saturated rings. The third-order valence-corrected chi connectivity index (χ3v) is 1.32. The SMILES string of the molecule is C=C1C=CN(CC)C(=O)N1. The minimum atomic E-state index is -0.102. The lowest BCUT2D eigenvalue weighted by atomic mass is 10.4. The van der Waals surface area contributed by atoms with Crippen LogP contribution >= 0.6 is 0 Å². The van der Waals surface area contributed by atoms with Crippen LogP contribution < -0.4 is 5.32 Å². The van der Waals surface area contributed by atoms with Crippen LogP contribution in [0.4, 0.5) is 4.79 Å². The van der Waals surface area contributed by atoms with Gasteiger partial charge in [-0.15, -0.1) is 0 Å². The van der Waals surface area contributed by atoms with Crippen molar-refractivity contribution in [2.45, 2.75) is 6.92 Å². The lowest BCUT2D eigenvalue weighted by Crippen LogP contribution is -2.38. The van der Waals surface area contributed by atoms with Crippen molar-refractivity contribution in [3.8, 4) is 0 Å². The molecule has 0 spiro atoms. The van der Waals surface area contributed by atoms with E-state index >= 15 is 0 Å². The molecule has 54 valence electrons. The third kappa shape index (κ3) is 1.18. The van der Waals surface area contributed by atoms with E-state index in [-0.39, 0.29) is 6.03 Å². The van der Waals surface area contributed by atoms with Gasteiger partial charge < -0.3 is 10.2 Å². The summed E-state index contributed by atoms with van der Waals surface area (Å²) in [5, 5.41) is 2.59. The zero-order valence-corrected chi connectivity index (χ0v) is 5.92. The first-order valence-corrected chi connectivity index (χ1v) is 3.18. The normalized spacial score (nSPS) is 17.5. The smallest absolute Gasteiger partial charge is 0.308 e. The maximum atomic E-state index is 10.9. The van der Waals surface area contributed by atoms with Crippen LogP contribution in [0.25, 0.3) is 0 Å². The van der Waals surface area contributed by atoms with Crippen LogP contribution in [-0.4, -0.2) is 17.5 Å². The number of carbonyl (C=O) groups is 1. The molecule has 1 aliphatic rings. The number of rotatable bonds is 1. The molecule has 0 radical (unpaired) electrons. The average Bonchev–Trinajstić information content (AvgIpc) is 1.88. The predicted molar refractivity (Wildman–Crippen MR) is 39.2 cm³/mol. The lowest BCUT2D eigenvalue weighted by molar-refractivity contribution is 0.218. The van der Waals surface area contributed by atoms with Crippen molar-refractivity contribution in [1.29, 1.82) is 0 Å². The van der Waals surface area contributed by atoms with Crippen LogP contribution in [0, 0.1) is 0 Å². The fraction of sp³-hybridized carbons (Fsp3) is 0.286. The summed E-state index contributed by atoms with van der Waals surface area (Å²) in [6.45, 7) is 6.19. The quantitative estimate of drug-likeness (QED) is 0.577. The van der Waals surface area contributed by atoms with Crippen molar-refractivity contribution in [2.75, 3.05) is 6.54 Å². The van der Waals surface area contributed by atoms with Crippen molar-refractivity contribution in [3.05, 3.63) is 24.6 Å². The van der Waals surface area contributed by atoms with Crippen LogP contribution in [0.3, 0.4) is 0 Å². The van der Waals surface area contributed by atoms with Gasteiger partial charge in [-0.2, -0.15) is 0 Å². The van der Waals surface area contributed by atoms with Crippen molar-refractivity contribution in [1.82, 2.24) is 10.2 Å². The molecule has 0 saturated heterocycles. The zero-order valence-electron chi connectivity index (χ0n) is 5.92. The maximum Gasteiger partial charge on any atom is 0.325 e. The van der Waals surface area contributed by atoms with Gasteiger partial charge in [0, 0.05) is 18.4 Å². The molecule has 0 aromatic rings. The van der Waals surface area contributed by atoms with E-state index in [0.29, 0.717) is 12.2 Å². The van der Waals surface area contributed by atoms with E-state index in [0.717, 1.165) is 0 Å². The molecule has 1 aliphatic heterocycles. The minimum absolute atomic E-state index is 0.102. The monoisotopic (exact) mass is 138 g/mol. The van der Waals surface area contributed by atoms with Gasteiger partial charge in [0.05, 0.1) is 0 Å². The van der Waals surface area contributed by atoms with E-state index in [9.17, 15) is 4.79 Å². The number of allylic oxidation sites excluding steroid dienone is 1. The molecular formula is C7H10N2O. The van der Waals surface area contributed by atoms with Gasteiger partial charge in [-0.3, -0.25) is 0 Å². The number of carbonyl (C=O) groups excluding carboxylic acids is 1. The molecule has 3 nitrogen and oxygen atoms in total. The molecule has 0 aromatic heterocycles. The van der Waals surface area contributed by atoms with Gasteiger partial charge in [0.15, 0.2) is 0 Å². The van der Waals surface area contributed by atoms with E-state index in [4.69, 9.17) is 0 Å². The Morgan fingerprint density at radius 1 is 1.80 bits per heavy atom. The van der Waals surface area contributed by atoms with E-state index in [1.165, 1.54) is 0 Å². The fourth-order valence-electron chi connectivity index (χ4n) is 0.747. The van der Waals surface area contributed by atoms with Gasteiger partial charge >= 0.3 is 6.03 Å². The maximum absolute atomic E-state index is 10.9. The van der Waals surface area contributed by atoms with Crippen molar-refractivity contribution in [3.63, 3.8) is 0 Å². The summed E-state index contributed by atoms with van der Waals surface area (Å²) in [6, 6.07) is -0.102.